The lowest BCUT2D eigenvalue weighted by Crippen LogP contribution is -2.49. The Kier molecular flexibility index (Phi) is 4.87. The van der Waals surface area contributed by atoms with Crippen molar-refractivity contribution < 1.29 is 15.0 Å². The molecule has 3 rings (SSSR count). The number of hydrazone groups is 1. The summed E-state index contributed by atoms with van der Waals surface area (Å²) < 4.78 is 0. The summed E-state index contributed by atoms with van der Waals surface area (Å²) in [6.07, 6.45) is 4.65. The van der Waals surface area contributed by atoms with Crippen molar-refractivity contribution in [1.29, 1.82) is 0 Å². The number of carbonyl (C=O) groups is 1. The van der Waals surface area contributed by atoms with Gasteiger partial charge in [-0.15, -0.1) is 0 Å². The largest absolute Gasteiger partial charge is 0.392 e. The molecule has 2 aliphatic heterocycles. The fourth-order valence-electron chi connectivity index (χ4n) is 3.46. The first-order valence-electron chi connectivity index (χ1n) is 8.47. The van der Waals surface area contributed by atoms with Gasteiger partial charge in [0.05, 0.1) is 18.2 Å². The molecule has 0 bridgehead atoms. The molecule has 130 valence electrons. The average molecular weight is 331 g/mol. The molecule has 2 heterocycles. The van der Waals surface area contributed by atoms with Crippen LogP contribution in [0.3, 0.4) is 0 Å². The summed E-state index contributed by atoms with van der Waals surface area (Å²) in [4.78, 5) is 14.4. The summed E-state index contributed by atoms with van der Waals surface area (Å²) >= 11 is 0. The Morgan fingerprint density at radius 3 is 2.50 bits per heavy atom. The van der Waals surface area contributed by atoms with Crippen molar-refractivity contribution in [2.75, 3.05) is 20.1 Å². The molecule has 6 nitrogen and oxygen atoms in total. The van der Waals surface area contributed by atoms with Gasteiger partial charge < -0.3 is 15.1 Å². The van der Waals surface area contributed by atoms with Crippen molar-refractivity contribution in [3.8, 4) is 0 Å². The summed E-state index contributed by atoms with van der Waals surface area (Å²) in [5.41, 5.74) is 0.702. The lowest BCUT2D eigenvalue weighted by Gasteiger charge is -2.40. The molecule has 1 unspecified atom stereocenters. The van der Waals surface area contributed by atoms with Gasteiger partial charge in [0.2, 0.25) is 0 Å². The quantitative estimate of drug-likeness (QED) is 0.870. The molecule has 24 heavy (non-hydrogen) atoms. The van der Waals surface area contributed by atoms with Crippen molar-refractivity contribution in [3.63, 3.8) is 0 Å². The van der Waals surface area contributed by atoms with E-state index in [2.05, 4.69) is 5.10 Å². The van der Waals surface area contributed by atoms with Crippen LogP contribution in [-0.2, 0) is 6.61 Å². The number of hydrogen-bond acceptors (Lipinski definition) is 5. The van der Waals surface area contributed by atoms with E-state index >= 15 is 0 Å². The zero-order chi connectivity index (χ0) is 17.2. The predicted molar refractivity (Wildman–Crippen MR) is 91.7 cm³/mol. The number of benzene rings is 1. The fraction of sp³-hybridized carbons (Fsp3) is 0.556. The second-order valence-corrected chi connectivity index (χ2v) is 6.84. The summed E-state index contributed by atoms with van der Waals surface area (Å²) in [6, 6.07) is 7.29. The average Bonchev–Trinajstić information content (AvgIpc) is 2.99. The number of aliphatic hydroxyl groups is 2. The van der Waals surface area contributed by atoms with Crippen LogP contribution in [-0.4, -0.2) is 64.0 Å². The molecule has 1 aromatic carbocycles. The number of likely N-dealkylation sites (tertiary alicyclic amines) is 1. The Morgan fingerprint density at radius 2 is 1.96 bits per heavy atom. The molecule has 2 N–H and O–H groups in total. The molecule has 0 saturated carbocycles. The second kappa shape index (κ2) is 6.91. The second-order valence-electron chi connectivity index (χ2n) is 6.84. The zero-order valence-corrected chi connectivity index (χ0v) is 14.1. The first kappa shape index (κ1) is 16.9. The maximum atomic E-state index is 12.6. The van der Waals surface area contributed by atoms with Crippen molar-refractivity contribution in [1.82, 2.24) is 9.91 Å². The van der Waals surface area contributed by atoms with Gasteiger partial charge in [0.25, 0.3) is 5.91 Å². The number of rotatable bonds is 4. The maximum Gasteiger partial charge on any atom is 0.253 e. The number of carbonyl (C=O) groups excluding carboxylic acids is 1. The SMILES string of the molecule is CN1N=CCC1CC1(O)CCN(C(=O)c2ccc(CO)cc2)CC1. The number of nitrogens with zero attached hydrogens (tertiary/aromatic N) is 3. The van der Waals surface area contributed by atoms with Gasteiger partial charge in [-0.3, -0.25) is 9.80 Å². The number of hydrogen-bond donors (Lipinski definition) is 2. The molecule has 1 saturated heterocycles. The first-order valence-corrected chi connectivity index (χ1v) is 8.47. The van der Waals surface area contributed by atoms with E-state index in [0.29, 0.717) is 37.9 Å². The van der Waals surface area contributed by atoms with Crippen LogP contribution in [0.25, 0.3) is 0 Å². The molecule has 2 aliphatic rings. The van der Waals surface area contributed by atoms with Crippen molar-refractivity contribution in [2.45, 2.75) is 43.9 Å². The van der Waals surface area contributed by atoms with Crippen molar-refractivity contribution >= 4 is 12.1 Å². The topological polar surface area (TPSA) is 76.4 Å². The van der Waals surface area contributed by atoms with Crippen LogP contribution >= 0.6 is 0 Å². The van der Waals surface area contributed by atoms with Gasteiger partial charge in [-0.05, 0) is 37.0 Å². The minimum atomic E-state index is -0.718. The third-order valence-electron chi connectivity index (χ3n) is 5.15. The molecule has 0 radical (unpaired) electrons. The Morgan fingerprint density at radius 1 is 1.29 bits per heavy atom. The van der Waals surface area contributed by atoms with Crippen LogP contribution in [0.1, 0.15) is 41.6 Å². The van der Waals surface area contributed by atoms with Gasteiger partial charge in [0.15, 0.2) is 0 Å². The molecular weight excluding hydrogens is 306 g/mol. The highest BCUT2D eigenvalue weighted by Crippen LogP contribution is 2.30. The summed E-state index contributed by atoms with van der Waals surface area (Å²) in [7, 11) is 1.94. The van der Waals surface area contributed by atoms with E-state index in [1.54, 1.807) is 29.2 Å². The van der Waals surface area contributed by atoms with E-state index in [4.69, 9.17) is 5.11 Å². The molecule has 0 spiro atoms. The smallest absolute Gasteiger partial charge is 0.253 e. The predicted octanol–water partition coefficient (Wildman–Crippen LogP) is 1.23. The Balaban J connectivity index is 1.56. The van der Waals surface area contributed by atoms with Crippen molar-refractivity contribution in [2.24, 2.45) is 5.10 Å². The van der Waals surface area contributed by atoms with Gasteiger partial charge in [-0.25, -0.2) is 0 Å². The molecule has 1 fully saturated rings. The van der Waals surface area contributed by atoms with E-state index in [9.17, 15) is 9.90 Å². The Labute approximate surface area is 142 Å². The van der Waals surface area contributed by atoms with Crippen LogP contribution in [0.4, 0.5) is 0 Å². The number of aliphatic hydroxyl groups excluding tert-OH is 1. The van der Waals surface area contributed by atoms with Gasteiger partial charge in [-0.1, -0.05) is 12.1 Å². The molecule has 0 aromatic heterocycles. The molecular formula is C18H25N3O3. The highest BCUT2D eigenvalue weighted by molar-refractivity contribution is 5.94. The lowest BCUT2D eigenvalue weighted by molar-refractivity contribution is -0.0368. The van der Waals surface area contributed by atoms with Crippen LogP contribution in [0.2, 0.25) is 0 Å². The maximum absolute atomic E-state index is 12.6. The normalized spacial score (nSPS) is 22.9. The summed E-state index contributed by atoms with van der Waals surface area (Å²) in [5.74, 6) is -0.0112. The molecule has 1 atom stereocenters. The summed E-state index contributed by atoms with van der Waals surface area (Å²) in [5, 5.41) is 26.1. The van der Waals surface area contributed by atoms with E-state index in [1.807, 2.05) is 18.3 Å². The van der Waals surface area contributed by atoms with Gasteiger partial charge >= 0.3 is 0 Å². The van der Waals surface area contributed by atoms with Crippen LogP contribution in [0, 0.1) is 0 Å². The molecule has 0 aliphatic carbocycles. The van der Waals surface area contributed by atoms with Crippen LogP contribution in [0.5, 0.6) is 0 Å². The Hall–Kier alpha value is -1.92. The van der Waals surface area contributed by atoms with E-state index in [-0.39, 0.29) is 18.6 Å². The fourth-order valence-corrected chi connectivity index (χ4v) is 3.46. The molecule has 6 heteroatoms. The third-order valence-corrected chi connectivity index (χ3v) is 5.15. The first-order chi connectivity index (χ1) is 11.5. The summed E-state index contributed by atoms with van der Waals surface area (Å²) in [6.45, 7) is 1.10. The standard InChI is InChI=1S/C18H25N3O3/c1-20-16(6-9-19-20)12-18(24)7-10-21(11-8-18)17(23)15-4-2-14(13-22)3-5-15/h2-5,9,16,22,24H,6-8,10-13H2,1H3. The Bertz CT molecular complexity index is 606. The number of amides is 1. The molecule has 1 amide bonds. The van der Waals surface area contributed by atoms with E-state index < -0.39 is 5.60 Å². The minimum Gasteiger partial charge on any atom is -0.392 e. The van der Waals surface area contributed by atoms with Gasteiger partial charge in [0.1, 0.15) is 0 Å². The lowest BCUT2D eigenvalue weighted by atomic mass is 9.84. The molecule has 1 aromatic rings. The highest BCUT2D eigenvalue weighted by Gasteiger charge is 2.37. The van der Waals surface area contributed by atoms with Gasteiger partial charge in [0, 0.05) is 38.3 Å². The van der Waals surface area contributed by atoms with E-state index in [0.717, 1.165) is 12.0 Å². The van der Waals surface area contributed by atoms with Crippen LogP contribution < -0.4 is 0 Å². The third kappa shape index (κ3) is 3.60. The zero-order valence-electron chi connectivity index (χ0n) is 14.1. The van der Waals surface area contributed by atoms with E-state index in [1.165, 1.54) is 0 Å². The highest BCUT2D eigenvalue weighted by atomic mass is 16.3. The minimum absolute atomic E-state index is 0.0112. The number of piperidine rings is 1. The monoisotopic (exact) mass is 331 g/mol. The van der Waals surface area contributed by atoms with Crippen molar-refractivity contribution in [3.05, 3.63) is 35.4 Å². The van der Waals surface area contributed by atoms with Crippen LogP contribution in [0.15, 0.2) is 29.4 Å². The van der Waals surface area contributed by atoms with Gasteiger partial charge in [-0.2, -0.15) is 5.10 Å².